The third kappa shape index (κ3) is 3.24. The molecule has 0 amide bonds. The first kappa shape index (κ1) is 14.7. The number of hydrogen-bond donors (Lipinski definition) is 1. The molecular formula is C15H12Cl2O3. The Kier molecular flexibility index (Phi) is 4.53. The van der Waals surface area contributed by atoms with Crippen LogP contribution in [0.4, 0.5) is 0 Å². The molecule has 0 fully saturated rings. The number of hydrogen-bond acceptors (Lipinski definition) is 2. The Morgan fingerprint density at radius 1 is 1.15 bits per heavy atom. The molecule has 0 radical (unpaired) electrons. The van der Waals surface area contributed by atoms with Crippen LogP contribution in [0.3, 0.4) is 0 Å². The lowest BCUT2D eigenvalue weighted by molar-refractivity contribution is -0.138. The molecule has 0 saturated carbocycles. The van der Waals surface area contributed by atoms with Gasteiger partial charge in [0.1, 0.15) is 11.5 Å². The molecule has 1 N–H and O–H groups in total. The van der Waals surface area contributed by atoms with Crippen molar-refractivity contribution in [3.8, 4) is 11.5 Å². The van der Waals surface area contributed by atoms with Gasteiger partial charge in [0.25, 0.3) is 0 Å². The fraction of sp³-hybridized carbons (Fsp3) is 0.133. The number of carboxylic acid groups (broad SMARTS) is 1. The normalized spacial score (nSPS) is 11.9. The summed E-state index contributed by atoms with van der Waals surface area (Å²) in [6.07, 6.45) is 0. The van der Waals surface area contributed by atoms with Gasteiger partial charge in [-0.2, -0.15) is 0 Å². The van der Waals surface area contributed by atoms with Crippen LogP contribution in [-0.4, -0.2) is 11.1 Å². The Bertz CT molecular complexity index is 641. The summed E-state index contributed by atoms with van der Waals surface area (Å²) in [4.78, 5) is 11.1. The van der Waals surface area contributed by atoms with E-state index in [0.717, 1.165) is 0 Å². The van der Waals surface area contributed by atoms with E-state index in [9.17, 15) is 4.79 Å². The molecule has 0 aliphatic rings. The maximum absolute atomic E-state index is 11.1. The van der Waals surface area contributed by atoms with Crippen molar-refractivity contribution in [1.29, 1.82) is 0 Å². The lowest BCUT2D eigenvalue weighted by Gasteiger charge is -2.14. The van der Waals surface area contributed by atoms with Gasteiger partial charge in [0.05, 0.1) is 10.9 Å². The quantitative estimate of drug-likeness (QED) is 0.866. The Balaban J connectivity index is 2.36. The summed E-state index contributed by atoms with van der Waals surface area (Å²) in [6, 6.07) is 11.8. The van der Waals surface area contributed by atoms with Gasteiger partial charge in [0, 0.05) is 10.6 Å². The first-order valence-corrected chi connectivity index (χ1v) is 6.69. The molecule has 0 unspecified atom stereocenters. The van der Waals surface area contributed by atoms with E-state index >= 15 is 0 Å². The van der Waals surface area contributed by atoms with E-state index in [2.05, 4.69) is 0 Å². The van der Waals surface area contributed by atoms with Crippen molar-refractivity contribution in [1.82, 2.24) is 0 Å². The largest absolute Gasteiger partial charge is 0.481 e. The lowest BCUT2D eigenvalue weighted by atomic mass is 10.0. The molecule has 0 aliphatic heterocycles. The average molecular weight is 311 g/mol. The molecule has 2 rings (SSSR count). The maximum Gasteiger partial charge on any atom is 0.310 e. The van der Waals surface area contributed by atoms with Crippen LogP contribution in [0.15, 0.2) is 42.5 Å². The van der Waals surface area contributed by atoms with Crippen molar-refractivity contribution in [3.05, 3.63) is 58.1 Å². The summed E-state index contributed by atoms with van der Waals surface area (Å²) in [7, 11) is 0. The number of ether oxygens (including phenoxy) is 1. The molecule has 0 aliphatic carbocycles. The van der Waals surface area contributed by atoms with Gasteiger partial charge in [-0.1, -0.05) is 41.4 Å². The van der Waals surface area contributed by atoms with Gasteiger partial charge >= 0.3 is 5.97 Å². The third-order valence-electron chi connectivity index (χ3n) is 2.87. The minimum Gasteiger partial charge on any atom is -0.481 e. The van der Waals surface area contributed by atoms with Crippen LogP contribution < -0.4 is 4.74 Å². The van der Waals surface area contributed by atoms with E-state index in [4.69, 9.17) is 33.0 Å². The summed E-state index contributed by atoms with van der Waals surface area (Å²) < 4.78 is 5.71. The summed E-state index contributed by atoms with van der Waals surface area (Å²) in [5.41, 5.74) is 0.589. The fourth-order valence-corrected chi connectivity index (χ4v) is 2.19. The highest BCUT2D eigenvalue weighted by Gasteiger charge is 2.18. The van der Waals surface area contributed by atoms with E-state index in [1.165, 1.54) is 0 Å². The van der Waals surface area contributed by atoms with Gasteiger partial charge in [-0.3, -0.25) is 4.79 Å². The van der Waals surface area contributed by atoms with Crippen molar-refractivity contribution in [3.63, 3.8) is 0 Å². The van der Waals surface area contributed by atoms with Crippen LogP contribution in [-0.2, 0) is 4.79 Å². The predicted octanol–water partition coefficient (Wildman–Crippen LogP) is 4.97. The van der Waals surface area contributed by atoms with Gasteiger partial charge in [-0.25, -0.2) is 0 Å². The molecule has 0 heterocycles. The molecule has 0 aromatic heterocycles. The molecule has 20 heavy (non-hydrogen) atoms. The van der Waals surface area contributed by atoms with Crippen molar-refractivity contribution < 1.29 is 14.6 Å². The zero-order chi connectivity index (χ0) is 14.7. The minimum absolute atomic E-state index is 0.371. The zero-order valence-electron chi connectivity index (χ0n) is 10.6. The van der Waals surface area contributed by atoms with Gasteiger partial charge in [-0.15, -0.1) is 0 Å². The average Bonchev–Trinajstić information content (AvgIpc) is 2.41. The van der Waals surface area contributed by atoms with Crippen LogP contribution in [0.5, 0.6) is 11.5 Å². The molecule has 0 saturated heterocycles. The molecule has 2 aromatic rings. The Morgan fingerprint density at radius 2 is 1.85 bits per heavy atom. The summed E-state index contributed by atoms with van der Waals surface area (Å²) >= 11 is 11.9. The van der Waals surface area contributed by atoms with Crippen molar-refractivity contribution in [2.24, 2.45) is 0 Å². The summed E-state index contributed by atoms with van der Waals surface area (Å²) in [5, 5.41) is 10.00. The van der Waals surface area contributed by atoms with E-state index in [0.29, 0.717) is 27.1 Å². The molecule has 0 bridgehead atoms. The van der Waals surface area contributed by atoms with Gasteiger partial charge in [0.2, 0.25) is 0 Å². The highest BCUT2D eigenvalue weighted by Crippen LogP contribution is 2.35. The van der Waals surface area contributed by atoms with Crippen LogP contribution >= 0.6 is 23.2 Å². The second-order valence-corrected chi connectivity index (χ2v) is 5.12. The zero-order valence-corrected chi connectivity index (χ0v) is 12.2. The van der Waals surface area contributed by atoms with E-state index in [1.807, 2.05) is 0 Å². The van der Waals surface area contributed by atoms with Crippen LogP contribution in [0, 0.1) is 0 Å². The second-order valence-electron chi connectivity index (χ2n) is 4.27. The van der Waals surface area contributed by atoms with Crippen molar-refractivity contribution >= 4 is 29.2 Å². The lowest BCUT2D eigenvalue weighted by Crippen LogP contribution is -2.08. The van der Waals surface area contributed by atoms with E-state index < -0.39 is 11.9 Å². The van der Waals surface area contributed by atoms with Crippen LogP contribution in [0.2, 0.25) is 10.0 Å². The molecule has 0 spiro atoms. The Labute approximate surface area is 126 Å². The van der Waals surface area contributed by atoms with Crippen molar-refractivity contribution in [2.75, 3.05) is 0 Å². The molecule has 2 aromatic carbocycles. The first-order chi connectivity index (χ1) is 9.49. The van der Waals surface area contributed by atoms with Gasteiger partial charge in [-0.05, 0) is 31.2 Å². The second kappa shape index (κ2) is 6.16. The predicted molar refractivity (Wildman–Crippen MR) is 79.0 cm³/mol. The van der Waals surface area contributed by atoms with Gasteiger partial charge < -0.3 is 9.84 Å². The van der Waals surface area contributed by atoms with Crippen LogP contribution in [0.25, 0.3) is 0 Å². The smallest absolute Gasteiger partial charge is 0.310 e. The monoisotopic (exact) mass is 310 g/mol. The first-order valence-electron chi connectivity index (χ1n) is 5.93. The number of benzene rings is 2. The molecule has 104 valence electrons. The number of carbonyl (C=O) groups is 1. The Hall–Kier alpha value is -1.71. The number of para-hydroxylation sites is 1. The molecular weight excluding hydrogens is 299 g/mol. The number of carboxylic acids is 1. The van der Waals surface area contributed by atoms with E-state index in [1.54, 1.807) is 49.4 Å². The number of rotatable bonds is 4. The topological polar surface area (TPSA) is 46.5 Å². The highest BCUT2D eigenvalue weighted by molar-refractivity contribution is 6.35. The molecule has 1 atom stereocenters. The standard InChI is InChI=1S/C15H12Cl2O3/c1-9(15(18)19)11-4-2-3-5-13(11)20-14-7-6-10(16)8-12(14)17/h2-9H,1H3,(H,18,19)/t9-/m1/s1. The highest BCUT2D eigenvalue weighted by atomic mass is 35.5. The summed E-state index contributed by atoms with van der Waals surface area (Å²) in [6.45, 7) is 1.61. The third-order valence-corrected chi connectivity index (χ3v) is 3.40. The SMILES string of the molecule is C[C@@H](C(=O)O)c1ccccc1Oc1ccc(Cl)cc1Cl. The Morgan fingerprint density at radius 3 is 2.50 bits per heavy atom. The maximum atomic E-state index is 11.1. The number of halogens is 2. The van der Waals surface area contributed by atoms with Crippen molar-refractivity contribution in [2.45, 2.75) is 12.8 Å². The number of aliphatic carboxylic acids is 1. The molecule has 5 heteroatoms. The fourth-order valence-electron chi connectivity index (χ4n) is 1.74. The molecule has 3 nitrogen and oxygen atoms in total. The van der Waals surface area contributed by atoms with Gasteiger partial charge in [0.15, 0.2) is 0 Å². The minimum atomic E-state index is -0.914. The summed E-state index contributed by atoms with van der Waals surface area (Å²) in [5.74, 6) is -0.687. The van der Waals surface area contributed by atoms with Crippen LogP contribution in [0.1, 0.15) is 18.4 Å². The van der Waals surface area contributed by atoms with E-state index in [-0.39, 0.29) is 0 Å².